The average Bonchev–Trinajstić information content (AvgIpc) is 3.04. The number of esters is 2. The van der Waals surface area contributed by atoms with Crippen molar-refractivity contribution in [3.05, 3.63) is 59.2 Å². The number of hydrogen-bond acceptors (Lipinski definition) is 6. The maximum atomic E-state index is 12.4. The van der Waals surface area contributed by atoms with E-state index in [4.69, 9.17) is 9.47 Å². The van der Waals surface area contributed by atoms with Crippen LogP contribution in [0.15, 0.2) is 42.5 Å². The highest BCUT2D eigenvalue weighted by molar-refractivity contribution is 5.81. The second kappa shape index (κ2) is 7.47. The SMILES string of the molecule is COC(=O)CCc1ccc2c(c1)[C@H](C(=O)OC)[C@@H](c1ccc(O)cc1)O2. The van der Waals surface area contributed by atoms with Gasteiger partial charge in [0.25, 0.3) is 0 Å². The molecular formula is C20H20O6. The van der Waals surface area contributed by atoms with Gasteiger partial charge in [-0.05, 0) is 35.7 Å². The minimum Gasteiger partial charge on any atom is -0.508 e. The molecule has 0 aliphatic carbocycles. The molecule has 0 saturated heterocycles. The van der Waals surface area contributed by atoms with E-state index in [2.05, 4.69) is 4.74 Å². The number of fused-ring (bicyclic) bond motifs is 1. The van der Waals surface area contributed by atoms with Crippen molar-refractivity contribution in [2.45, 2.75) is 24.9 Å². The molecule has 0 saturated carbocycles. The van der Waals surface area contributed by atoms with E-state index in [1.54, 1.807) is 30.3 Å². The molecule has 0 spiro atoms. The van der Waals surface area contributed by atoms with Gasteiger partial charge in [-0.15, -0.1) is 0 Å². The third-order valence-electron chi connectivity index (χ3n) is 4.49. The zero-order chi connectivity index (χ0) is 18.7. The van der Waals surface area contributed by atoms with Crippen LogP contribution in [0.25, 0.3) is 0 Å². The fourth-order valence-corrected chi connectivity index (χ4v) is 3.12. The molecule has 2 aromatic carbocycles. The van der Waals surface area contributed by atoms with Crippen molar-refractivity contribution in [1.82, 2.24) is 0 Å². The number of methoxy groups -OCH3 is 2. The molecule has 2 atom stereocenters. The van der Waals surface area contributed by atoms with E-state index in [1.807, 2.05) is 12.1 Å². The molecule has 1 heterocycles. The molecule has 6 heteroatoms. The first-order valence-corrected chi connectivity index (χ1v) is 8.26. The molecule has 1 N–H and O–H groups in total. The van der Waals surface area contributed by atoms with Gasteiger partial charge in [0.05, 0.1) is 14.2 Å². The number of ether oxygens (including phenoxy) is 3. The summed E-state index contributed by atoms with van der Waals surface area (Å²) in [6.45, 7) is 0. The van der Waals surface area contributed by atoms with Gasteiger partial charge in [0.1, 0.15) is 23.5 Å². The van der Waals surface area contributed by atoms with E-state index >= 15 is 0 Å². The van der Waals surface area contributed by atoms with Gasteiger partial charge < -0.3 is 19.3 Å². The van der Waals surface area contributed by atoms with Crippen LogP contribution < -0.4 is 4.74 Å². The molecule has 0 radical (unpaired) electrons. The summed E-state index contributed by atoms with van der Waals surface area (Å²) in [5, 5.41) is 9.48. The average molecular weight is 356 g/mol. The predicted octanol–water partition coefficient (Wildman–Crippen LogP) is 2.89. The normalized spacial score (nSPS) is 17.9. The first kappa shape index (κ1) is 17.8. The van der Waals surface area contributed by atoms with Gasteiger partial charge in [-0.25, -0.2) is 0 Å². The van der Waals surface area contributed by atoms with Crippen LogP contribution in [0.5, 0.6) is 11.5 Å². The first-order valence-electron chi connectivity index (χ1n) is 8.26. The second-order valence-corrected chi connectivity index (χ2v) is 6.08. The Kier molecular flexibility index (Phi) is 5.11. The van der Waals surface area contributed by atoms with Gasteiger partial charge in [0.2, 0.25) is 0 Å². The molecule has 0 amide bonds. The Bertz CT molecular complexity index is 812. The molecular weight excluding hydrogens is 336 g/mol. The summed E-state index contributed by atoms with van der Waals surface area (Å²) in [4.78, 5) is 23.8. The lowest BCUT2D eigenvalue weighted by molar-refractivity contribution is -0.144. The van der Waals surface area contributed by atoms with Crippen molar-refractivity contribution in [2.75, 3.05) is 14.2 Å². The number of phenols is 1. The Morgan fingerprint density at radius 2 is 1.81 bits per heavy atom. The number of carbonyl (C=O) groups excluding carboxylic acids is 2. The highest BCUT2D eigenvalue weighted by atomic mass is 16.5. The number of aromatic hydroxyl groups is 1. The molecule has 26 heavy (non-hydrogen) atoms. The van der Waals surface area contributed by atoms with Gasteiger partial charge in [-0.3, -0.25) is 9.59 Å². The number of benzene rings is 2. The maximum absolute atomic E-state index is 12.4. The molecule has 0 unspecified atom stereocenters. The molecule has 136 valence electrons. The largest absolute Gasteiger partial charge is 0.508 e. The van der Waals surface area contributed by atoms with Crippen LogP contribution in [0.3, 0.4) is 0 Å². The van der Waals surface area contributed by atoms with Crippen LogP contribution in [0.2, 0.25) is 0 Å². The minimum atomic E-state index is -0.613. The lowest BCUT2D eigenvalue weighted by Gasteiger charge is -2.17. The zero-order valence-electron chi connectivity index (χ0n) is 14.6. The van der Waals surface area contributed by atoms with E-state index < -0.39 is 18.0 Å². The van der Waals surface area contributed by atoms with Crippen LogP contribution in [0.4, 0.5) is 0 Å². The third-order valence-corrected chi connectivity index (χ3v) is 4.49. The van der Waals surface area contributed by atoms with Crippen molar-refractivity contribution in [3.63, 3.8) is 0 Å². The highest BCUT2D eigenvalue weighted by Gasteiger charge is 2.41. The number of rotatable bonds is 5. The van der Waals surface area contributed by atoms with Crippen molar-refractivity contribution in [3.8, 4) is 11.5 Å². The van der Waals surface area contributed by atoms with Crippen LogP contribution in [-0.4, -0.2) is 31.3 Å². The monoisotopic (exact) mass is 356 g/mol. The van der Waals surface area contributed by atoms with Gasteiger partial charge >= 0.3 is 11.9 Å². The minimum absolute atomic E-state index is 0.143. The Morgan fingerprint density at radius 3 is 2.46 bits per heavy atom. The topological polar surface area (TPSA) is 82.1 Å². The molecule has 0 fully saturated rings. The van der Waals surface area contributed by atoms with Crippen LogP contribution >= 0.6 is 0 Å². The summed E-state index contributed by atoms with van der Waals surface area (Å²) in [6.07, 6.45) is 0.243. The van der Waals surface area contributed by atoms with E-state index in [9.17, 15) is 14.7 Å². The Balaban J connectivity index is 1.91. The molecule has 1 aliphatic heterocycles. The Labute approximate surface area is 151 Å². The number of hydrogen-bond donors (Lipinski definition) is 1. The summed E-state index contributed by atoms with van der Waals surface area (Å²) < 4.78 is 15.6. The predicted molar refractivity (Wildman–Crippen MR) is 93.0 cm³/mol. The van der Waals surface area contributed by atoms with Gasteiger partial charge in [-0.2, -0.15) is 0 Å². The lowest BCUT2D eigenvalue weighted by Crippen LogP contribution is -2.20. The van der Waals surface area contributed by atoms with Crippen molar-refractivity contribution >= 4 is 11.9 Å². The van der Waals surface area contributed by atoms with Crippen LogP contribution in [0.1, 0.15) is 35.1 Å². The van der Waals surface area contributed by atoms with Crippen LogP contribution in [0, 0.1) is 0 Å². The van der Waals surface area contributed by atoms with E-state index in [-0.39, 0.29) is 18.1 Å². The van der Waals surface area contributed by atoms with Gasteiger partial charge in [-0.1, -0.05) is 24.3 Å². The molecule has 6 nitrogen and oxygen atoms in total. The van der Waals surface area contributed by atoms with Crippen molar-refractivity contribution < 1.29 is 28.9 Å². The maximum Gasteiger partial charge on any atom is 0.317 e. The third kappa shape index (κ3) is 3.49. The second-order valence-electron chi connectivity index (χ2n) is 6.08. The van der Waals surface area contributed by atoms with E-state index in [0.717, 1.165) is 16.7 Å². The standard InChI is InChI=1S/C20H20O6/c1-24-17(22)10-4-12-3-9-16-15(11-12)18(20(23)25-2)19(26-16)13-5-7-14(21)8-6-13/h3,5-9,11,18-19,21H,4,10H2,1-2H3/t18-,19+/m0/s1. The Morgan fingerprint density at radius 1 is 1.08 bits per heavy atom. The summed E-state index contributed by atoms with van der Waals surface area (Å²) in [5.74, 6) is -0.540. The van der Waals surface area contributed by atoms with Crippen molar-refractivity contribution in [1.29, 1.82) is 0 Å². The first-order chi connectivity index (χ1) is 12.5. The van der Waals surface area contributed by atoms with Gasteiger partial charge in [0.15, 0.2) is 0 Å². The molecule has 0 bridgehead atoms. The van der Waals surface area contributed by atoms with Crippen LogP contribution in [-0.2, 0) is 25.5 Å². The van der Waals surface area contributed by atoms with E-state index in [0.29, 0.717) is 12.2 Å². The fraction of sp³-hybridized carbons (Fsp3) is 0.300. The smallest absolute Gasteiger partial charge is 0.317 e. The van der Waals surface area contributed by atoms with Crippen molar-refractivity contribution in [2.24, 2.45) is 0 Å². The summed E-state index contributed by atoms with van der Waals surface area (Å²) >= 11 is 0. The highest BCUT2D eigenvalue weighted by Crippen LogP contribution is 2.47. The summed E-state index contributed by atoms with van der Waals surface area (Å²) in [5.41, 5.74) is 2.42. The number of aryl methyl sites for hydroxylation is 1. The lowest BCUT2D eigenvalue weighted by atomic mass is 9.90. The summed E-state index contributed by atoms with van der Waals surface area (Å²) in [6, 6.07) is 12.1. The van der Waals surface area contributed by atoms with Gasteiger partial charge in [0, 0.05) is 12.0 Å². The fourth-order valence-electron chi connectivity index (χ4n) is 3.12. The number of phenolic OH excluding ortho intramolecular Hbond substituents is 1. The molecule has 3 rings (SSSR count). The zero-order valence-corrected chi connectivity index (χ0v) is 14.6. The Hall–Kier alpha value is -3.02. The quantitative estimate of drug-likeness (QED) is 0.830. The molecule has 0 aromatic heterocycles. The summed E-state index contributed by atoms with van der Waals surface area (Å²) in [7, 11) is 2.70. The molecule has 1 aliphatic rings. The molecule has 2 aromatic rings. The number of carbonyl (C=O) groups is 2. The van der Waals surface area contributed by atoms with E-state index in [1.165, 1.54) is 14.2 Å².